The van der Waals surface area contributed by atoms with Crippen molar-refractivity contribution in [2.45, 2.75) is 53.0 Å². The average molecular weight is 292 g/mol. The van der Waals surface area contributed by atoms with Crippen molar-refractivity contribution in [1.29, 1.82) is 0 Å². The first-order valence-corrected chi connectivity index (χ1v) is 8.46. The molecule has 1 heterocycles. The molecular weight excluding hydrogens is 260 g/mol. The topological polar surface area (TPSA) is 42.4 Å². The maximum absolute atomic E-state index is 6.15. The molecule has 1 fully saturated rings. The Labute approximate surface area is 129 Å². The Morgan fingerprint density at radius 3 is 2.19 bits per heavy atom. The van der Waals surface area contributed by atoms with Crippen molar-refractivity contribution >= 4 is 0 Å². The summed E-state index contributed by atoms with van der Waals surface area (Å²) >= 11 is 0. The van der Waals surface area contributed by atoms with Gasteiger partial charge < -0.3 is 10.2 Å². The van der Waals surface area contributed by atoms with E-state index in [9.17, 15) is 0 Å². The molecule has 0 saturated heterocycles. The number of furan rings is 1. The third kappa shape index (κ3) is 4.33. The molecule has 1 aromatic rings. The van der Waals surface area contributed by atoms with Crippen molar-refractivity contribution in [3.63, 3.8) is 0 Å². The van der Waals surface area contributed by atoms with Gasteiger partial charge in [-0.25, -0.2) is 0 Å². The number of nitrogens with zero attached hydrogens (tertiary/aromatic N) is 1. The van der Waals surface area contributed by atoms with E-state index in [1.54, 1.807) is 0 Å². The first-order chi connectivity index (χ1) is 9.92. The van der Waals surface area contributed by atoms with Crippen LogP contribution < -0.4 is 5.73 Å². The van der Waals surface area contributed by atoms with Crippen molar-refractivity contribution in [2.75, 3.05) is 19.6 Å². The molecule has 1 aliphatic rings. The van der Waals surface area contributed by atoms with E-state index in [-0.39, 0.29) is 6.04 Å². The fraction of sp³-hybridized carbons (Fsp3) is 0.778. The fourth-order valence-corrected chi connectivity index (χ4v) is 3.18. The van der Waals surface area contributed by atoms with Gasteiger partial charge in [0.1, 0.15) is 11.5 Å². The van der Waals surface area contributed by atoms with Gasteiger partial charge in [-0.2, -0.15) is 0 Å². The molecule has 120 valence electrons. The van der Waals surface area contributed by atoms with Crippen molar-refractivity contribution < 1.29 is 4.42 Å². The van der Waals surface area contributed by atoms with Crippen LogP contribution in [0.15, 0.2) is 16.5 Å². The van der Waals surface area contributed by atoms with Gasteiger partial charge in [0, 0.05) is 25.6 Å². The van der Waals surface area contributed by atoms with Crippen LogP contribution in [0.2, 0.25) is 0 Å². The Hall–Kier alpha value is -0.800. The summed E-state index contributed by atoms with van der Waals surface area (Å²) in [7, 11) is 0. The average Bonchev–Trinajstić information content (AvgIpc) is 2.92. The Bertz CT molecular complexity index is 428. The summed E-state index contributed by atoms with van der Waals surface area (Å²) in [6.45, 7) is 14.1. The molecule has 3 heteroatoms. The number of nitrogens with two attached hydrogens (primary N) is 1. The highest BCUT2D eigenvalue weighted by atomic mass is 16.3. The van der Waals surface area contributed by atoms with Gasteiger partial charge in [-0.15, -0.1) is 0 Å². The molecule has 2 N–H and O–H groups in total. The second kappa shape index (κ2) is 6.97. The quantitative estimate of drug-likeness (QED) is 0.787. The SMILES string of the molecule is CC(C)CN(CC(C)C)C(CN)c1ccc(C2CC2C)o1. The lowest BCUT2D eigenvalue weighted by Gasteiger charge is -2.32. The summed E-state index contributed by atoms with van der Waals surface area (Å²) in [5.41, 5.74) is 6.08. The van der Waals surface area contributed by atoms with Crippen LogP contribution in [0.4, 0.5) is 0 Å². The fourth-order valence-electron chi connectivity index (χ4n) is 3.18. The maximum atomic E-state index is 6.15. The zero-order valence-electron chi connectivity index (χ0n) is 14.3. The highest BCUT2D eigenvalue weighted by Crippen LogP contribution is 2.47. The summed E-state index contributed by atoms with van der Waals surface area (Å²) in [5.74, 6) is 4.90. The molecular formula is C18H32N2O. The zero-order valence-corrected chi connectivity index (χ0v) is 14.3. The molecule has 0 spiro atoms. The molecule has 21 heavy (non-hydrogen) atoms. The van der Waals surface area contributed by atoms with E-state index in [2.05, 4.69) is 51.7 Å². The zero-order chi connectivity index (χ0) is 15.6. The van der Waals surface area contributed by atoms with Crippen LogP contribution in [0.5, 0.6) is 0 Å². The molecule has 1 saturated carbocycles. The van der Waals surface area contributed by atoms with Gasteiger partial charge in [0.15, 0.2) is 0 Å². The van der Waals surface area contributed by atoms with Gasteiger partial charge in [-0.05, 0) is 36.3 Å². The van der Waals surface area contributed by atoms with Crippen LogP contribution in [-0.2, 0) is 0 Å². The third-order valence-electron chi connectivity index (χ3n) is 4.31. The molecule has 0 aliphatic heterocycles. The smallest absolute Gasteiger partial charge is 0.122 e. The Balaban J connectivity index is 2.12. The molecule has 0 bridgehead atoms. The van der Waals surface area contributed by atoms with E-state index in [1.807, 2.05) is 0 Å². The van der Waals surface area contributed by atoms with Crippen LogP contribution in [0.3, 0.4) is 0 Å². The van der Waals surface area contributed by atoms with Gasteiger partial charge in [0.25, 0.3) is 0 Å². The predicted molar refractivity (Wildman–Crippen MR) is 88.3 cm³/mol. The van der Waals surface area contributed by atoms with E-state index in [1.165, 1.54) is 6.42 Å². The molecule has 3 unspecified atom stereocenters. The van der Waals surface area contributed by atoms with Gasteiger partial charge in [-0.1, -0.05) is 34.6 Å². The summed E-state index contributed by atoms with van der Waals surface area (Å²) in [6, 6.07) is 4.51. The van der Waals surface area contributed by atoms with E-state index in [0.29, 0.717) is 24.3 Å². The molecule has 3 atom stereocenters. The minimum Gasteiger partial charge on any atom is -0.464 e. The van der Waals surface area contributed by atoms with Crippen LogP contribution in [0, 0.1) is 17.8 Å². The highest BCUT2D eigenvalue weighted by Gasteiger charge is 2.37. The molecule has 1 aromatic heterocycles. The molecule has 0 amide bonds. The predicted octanol–water partition coefficient (Wildman–Crippen LogP) is 4.02. The van der Waals surface area contributed by atoms with Crippen LogP contribution >= 0.6 is 0 Å². The normalized spacial score (nSPS) is 23.3. The number of hydrogen-bond acceptors (Lipinski definition) is 3. The Morgan fingerprint density at radius 2 is 1.76 bits per heavy atom. The number of hydrogen-bond donors (Lipinski definition) is 1. The lowest BCUT2D eigenvalue weighted by molar-refractivity contribution is 0.142. The van der Waals surface area contributed by atoms with Gasteiger partial charge in [0.05, 0.1) is 6.04 Å². The van der Waals surface area contributed by atoms with Crippen molar-refractivity contribution in [3.8, 4) is 0 Å². The van der Waals surface area contributed by atoms with Gasteiger partial charge in [-0.3, -0.25) is 4.90 Å². The lowest BCUT2D eigenvalue weighted by Crippen LogP contribution is -2.38. The first kappa shape index (κ1) is 16.6. The molecule has 1 aliphatic carbocycles. The van der Waals surface area contributed by atoms with E-state index in [4.69, 9.17) is 10.2 Å². The minimum absolute atomic E-state index is 0.206. The van der Waals surface area contributed by atoms with E-state index < -0.39 is 0 Å². The van der Waals surface area contributed by atoms with E-state index >= 15 is 0 Å². The second-order valence-corrected chi connectivity index (χ2v) is 7.55. The Kier molecular flexibility index (Phi) is 5.50. The van der Waals surface area contributed by atoms with Crippen LogP contribution in [-0.4, -0.2) is 24.5 Å². The maximum Gasteiger partial charge on any atom is 0.122 e. The van der Waals surface area contributed by atoms with Gasteiger partial charge >= 0.3 is 0 Å². The summed E-state index contributed by atoms with van der Waals surface area (Å²) in [5, 5.41) is 0. The minimum atomic E-state index is 0.206. The standard InChI is InChI=1S/C18H32N2O/c1-12(2)10-20(11-13(3)4)16(9-19)18-7-6-17(21-18)15-8-14(15)5/h6-7,12-16H,8-11,19H2,1-5H3. The summed E-state index contributed by atoms with van der Waals surface area (Å²) in [6.07, 6.45) is 1.27. The van der Waals surface area contributed by atoms with Crippen LogP contribution in [0.1, 0.15) is 64.5 Å². The largest absolute Gasteiger partial charge is 0.464 e. The number of rotatable bonds is 8. The van der Waals surface area contributed by atoms with Crippen LogP contribution in [0.25, 0.3) is 0 Å². The summed E-state index contributed by atoms with van der Waals surface area (Å²) < 4.78 is 6.15. The lowest BCUT2D eigenvalue weighted by atomic mass is 10.1. The second-order valence-electron chi connectivity index (χ2n) is 7.55. The first-order valence-electron chi connectivity index (χ1n) is 8.46. The molecule has 3 nitrogen and oxygen atoms in total. The Morgan fingerprint density at radius 1 is 1.19 bits per heavy atom. The van der Waals surface area contributed by atoms with Gasteiger partial charge in [0.2, 0.25) is 0 Å². The molecule has 0 aromatic carbocycles. The molecule has 2 rings (SSSR count). The monoisotopic (exact) mass is 292 g/mol. The van der Waals surface area contributed by atoms with Crippen molar-refractivity contribution in [2.24, 2.45) is 23.5 Å². The molecule has 0 radical (unpaired) electrons. The third-order valence-corrected chi connectivity index (χ3v) is 4.31. The van der Waals surface area contributed by atoms with Crippen molar-refractivity contribution in [3.05, 3.63) is 23.7 Å². The van der Waals surface area contributed by atoms with E-state index in [0.717, 1.165) is 30.5 Å². The highest BCUT2D eigenvalue weighted by molar-refractivity contribution is 5.19. The van der Waals surface area contributed by atoms with Crippen molar-refractivity contribution in [1.82, 2.24) is 4.90 Å². The summed E-state index contributed by atoms with van der Waals surface area (Å²) in [4.78, 5) is 2.49.